The molecule has 1 aromatic carbocycles. The predicted octanol–water partition coefficient (Wildman–Crippen LogP) is 1.96. The molecule has 28 heavy (non-hydrogen) atoms. The standard InChI is InChI=1S/C20H29N3O4S/c1-13(2)11-15-7-9-16(10-8-15)18(14(3)4)21-28(26,27)17-12-22(5)20(25)23(6)19(17)24/h7-10,12-14,18,21H,11H2,1-6H3/t18-/m1/s1. The summed E-state index contributed by atoms with van der Waals surface area (Å²) in [6, 6.07) is 7.35. The predicted molar refractivity (Wildman–Crippen MR) is 110 cm³/mol. The smallest absolute Gasteiger partial charge is 0.302 e. The van der Waals surface area contributed by atoms with Gasteiger partial charge in [0.05, 0.1) is 0 Å². The molecular formula is C20H29N3O4S. The minimum Gasteiger partial charge on any atom is -0.302 e. The van der Waals surface area contributed by atoms with Gasteiger partial charge in [0.15, 0.2) is 4.90 Å². The van der Waals surface area contributed by atoms with Crippen LogP contribution in [-0.2, 0) is 30.5 Å². The maximum atomic E-state index is 12.9. The number of aryl methyl sites for hydroxylation is 1. The molecule has 0 aliphatic heterocycles. The van der Waals surface area contributed by atoms with Crippen molar-refractivity contribution in [2.75, 3.05) is 0 Å². The molecule has 0 aliphatic carbocycles. The van der Waals surface area contributed by atoms with E-state index in [1.807, 2.05) is 38.1 Å². The fraction of sp³-hybridized carbons (Fsp3) is 0.500. The maximum Gasteiger partial charge on any atom is 0.330 e. The Labute approximate surface area is 166 Å². The minimum atomic E-state index is -4.12. The molecule has 0 saturated heterocycles. The quantitative estimate of drug-likeness (QED) is 0.760. The van der Waals surface area contributed by atoms with E-state index in [1.165, 1.54) is 19.7 Å². The van der Waals surface area contributed by atoms with Gasteiger partial charge in [-0.2, -0.15) is 0 Å². The van der Waals surface area contributed by atoms with Gasteiger partial charge in [-0.15, -0.1) is 0 Å². The molecule has 154 valence electrons. The van der Waals surface area contributed by atoms with Gasteiger partial charge in [-0.25, -0.2) is 17.9 Å². The first-order valence-electron chi connectivity index (χ1n) is 9.32. The third-order valence-corrected chi connectivity index (χ3v) is 6.06. The summed E-state index contributed by atoms with van der Waals surface area (Å²) in [4.78, 5) is 23.7. The molecule has 2 rings (SSSR count). The van der Waals surface area contributed by atoms with E-state index in [1.54, 1.807) is 0 Å². The van der Waals surface area contributed by atoms with Gasteiger partial charge in [0, 0.05) is 26.3 Å². The van der Waals surface area contributed by atoms with E-state index in [9.17, 15) is 18.0 Å². The van der Waals surface area contributed by atoms with E-state index in [0.717, 1.165) is 27.3 Å². The van der Waals surface area contributed by atoms with Crippen molar-refractivity contribution in [1.82, 2.24) is 13.9 Å². The van der Waals surface area contributed by atoms with Crippen LogP contribution in [0.15, 0.2) is 44.9 Å². The number of rotatable bonds is 7. The Morgan fingerprint density at radius 1 is 1.00 bits per heavy atom. The molecule has 0 amide bonds. The largest absolute Gasteiger partial charge is 0.330 e. The van der Waals surface area contributed by atoms with Crippen LogP contribution in [0.2, 0.25) is 0 Å². The molecule has 0 spiro atoms. The molecule has 1 atom stereocenters. The fourth-order valence-corrected chi connectivity index (χ4v) is 4.64. The van der Waals surface area contributed by atoms with Crippen LogP contribution in [0.25, 0.3) is 0 Å². The minimum absolute atomic E-state index is 0.0397. The number of aromatic nitrogens is 2. The Kier molecular flexibility index (Phi) is 6.67. The van der Waals surface area contributed by atoms with Crippen molar-refractivity contribution in [2.24, 2.45) is 25.9 Å². The lowest BCUT2D eigenvalue weighted by Gasteiger charge is -2.23. The van der Waals surface area contributed by atoms with Gasteiger partial charge >= 0.3 is 5.69 Å². The molecule has 8 heteroatoms. The van der Waals surface area contributed by atoms with Crippen LogP contribution in [0.4, 0.5) is 0 Å². The highest BCUT2D eigenvalue weighted by Crippen LogP contribution is 2.24. The molecule has 1 aromatic heterocycles. The molecule has 1 N–H and O–H groups in total. The fourth-order valence-electron chi connectivity index (χ4n) is 3.11. The lowest BCUT2D eigenvalue weighted by atomic mass is 9.94. The Bertz CT molecular complexity index is 1050. The van der Waals surface area contributed by atoms with Gasteiger partial charge < -0.3 is 4.57 Å². The highest BCUT2D eigenvalue weighted by atomic mass is 32.2. The number of nitrogens with zero attached hydrogens (tertiary/aromatic N) is 2. The summed E-state index contributed by atoms with van der Waals surface area (Å²) in [5.74, 6) is 0.494. The Hall–Kier alpha value is -2.19. The zero-order valence-corrected chi connectivity index (χ0v) is 18.1. The first-order valence-corrected chi connectivity index (χ1v) is 10.8. The summed E-state index contributed by atoms with van der Waals surface area (Å²) in [7, 11) is -1.45. The normalized spacial score (nSPS) is 13.3. The zero-order valence-electron chi connectivity index (χ0n) is 17.3. The summed E-state index contributed by atoms with van der Waals surface area (Å²) < 4.78 is 30.4. The maximum absolute atomic E-state index is 12.9. The number of hydrogen-bond donors (Lipinski definition) is 1. The Morgan fingerprint density at radius 2 is 1.57 bits per heavy atom. The van der Waals surface area contributed by atoms with Gasteiger partial charge in [-0.3, -0.25) is 9.36 Å². The van der Waals surface area contributed by atoms with Gasteiger partial charge in [0.25, 0.3) is 5.56 Å². The SMILES string of the molecule is CC(C)Cc1ccc([C@H](NS(=O)(=O)c2cn(C)c(=O)n(C)c2=O)C(C)C)cc1. The number of nitrogens with one attached hydrogen (secondary N) is 1. The van der Waals surface area contributed by atoms with Gasteiger partial charge in [0.1, 0.15) is 0 Å². The van der Waals surface area contributed by atoms with Crippen molar-refractivity contribution in [2.45, 2.75) is 45.1 Å². The van der Waals surface area contributed by atoms with Crippen LogP contribution in [0, 0.1) is 11.8 Å². The van der Waals surface area contributed by atoms with Crippen LogP contribution < -0.4 is 16.0 Å². The first kappa shape index (κ1) is 22.1. The average Bonchev–Trinajstić information content (AvgIpc) is 2.61. The van der Waals surface area contributed by atoms with E-state index in [4.69, 9.17) is 0 Å². The van der Waals surface area contributed by atoms with Gasteiger partial charge in [-0.05, 0) is 29.4 Å². The van der Waals surface area contributed by atoms with Gasteiger partial charge in [-0.1, -0.05) is 52.0 Å². The number of hydrogen-bond acceptors (Lipinski definition) is 4. The first-order chi connectivity index (χ1) is 12.9. The summed E-state index contributed by atoms with van der Waals surface area (Å²) in [5, 5.41) is 0. The third kappa shape index (κ3) is 4.80. The summed E-state index contributed by atoms with van der Waals surface area (Å²) in [5.41, 5.74) is 0.597. The highest BCUT2D eigenvalue weighted by Gasteiger charge is 2.27. The monoisotopic (exact) mass is 407 g/mol. The van der Waals surface area contributed by atoms with E-state index >= 15 is 0 Å². The van der Waals surface area contributed by atoms with E-state index < -0.39 is 32.2 Å². The zero-order chi connectivity index (χ0) is 21.2. The van der Waals surface area contributed by atoms with E-state index in [2.05, 4.69) is 18.6 Å². The Balaban J connectivity index is 2.42. The van der Waals surface area contributed by atoms with Crippen LogP contribution in [-0.4, -0.2) is 17.6 Å². The van der Waals surface area contributed by atoms with E-state index in [0.29, 0.717) is 5.92 Å². The van der Waals surface area contributed by atoms with Crippen molar-refractivity contribution in [3.05, 3.63) is 62.4 Å². The molecule has 0 radical (unpaired) electrons. The van der Waals surface area contributed by atoms with Crippen LogP contribution in [0.1, 0.15) is 44.9 Å². The Morgan fingerprint density at radius 3 is 2.07 bits per heavy atom. The molecular weight excluding hydrogens is 378 g/mol. The summed E-state index contributed by atoms with van der Waals surface area (Å²) in [6.07, 6.45) is 2.02. The van der Waals surface area contributed by atoms with Crippen molar-refractivity contribution in [3.63, 3.8) is 0 Å². The average molecular weight is 408 g/mol. The molecule has 7 nitrogen and oxygen atoms in total. The third-order valence-electron chi connectivity index (χ3n) is 4.64. The second kappa shape index (κ2) is 8.45. The lowest BCUT2D eigenvalue weighted by molar-refractivity contribution is 0.461. The summed E-state index contributed by atoms with van der Waals surface area (Å²) >= 11 is 0. The van der Waals surface area contributed by atoms with Gasteiger partial charge in [0.2, 0.25) is 10.0 Å². The molecule has 0 unspecified atom stereocenters. The molecule has 0 saturated carbocycles. The second-order valence-corrected chi connectivity index (χ2v) is 9.62. The lowest BCUT2D eigenvalue weighted by Crippen LogP contribution is -2.42. The van der Waals surface area contributed by atoms with Crippen LogP contribution in [0.3, 0.4) is 0 Å². The molecule has 1 heterocycles. The molecule has 2 aromatic rings. The van der Waals surface area contributed by atoms with E-state index in [-0.39, 0.29) is 5.92 Å². The van der Waals surface area contributed by atoms with Crippen molar-refractivity contribution in [1.29, 1.82) is 0 Å². The van der Waals surface area contributed by atoms with Crippen LogP contribution in [0.5, 0.6) is 0 Å². The second-order valence-electron chi connectivity index (χ2n) is 7.93. The molecule has 0 fully saturated rings. The molecule has 0 aliphatic rings. The van der Waals surface area contributed by atoms with Crippen molar-refractivity contribution >= 4 is 10.0 Å². The molecule has 0 bridgehead atoms. The van der Waals surface area contributed by atoms with Crippen molar-refractivity contribution in [3.8, 4) is 0 Å². The summed E-state index contributed by atoms with van der Waals surface area (Å²) in [6.45, 7) is 8.11. The van der Waals surface area contributed by atoms with Crippen molar-refractivity contribution < 1.29 is 8.42 Å². The number of benzene rings is 1. The van der Waals surface area contributed by atoms with Crippen LogP contribution >= 0.6 is 0 Å². The number of sulfonamides is 1. The topological polar surface area (TPSA) is 90.2 Å². The highest BCUT2D eigenvalue weighted by molar-refractivity contribution is 7.89.